The van der Waals surface area contributed by atoms with Gasteiger partial charge in [-0.05, 0) is 31.2 Å². The normalized spacial score (nSPS) is 10.4. The summed E-state index contributed by atoms with van der Waals surface area (Å²) in [6, 6.07) is 6.20. The fourth-order valence-corrected chi connectivity index (χ4v) is 2.04. The van der Waals surface area contributed by atoms with E-state index in [2.05, 4.69) is 15.9 Å². The Bertz CT molecular complexity index is 692. The number of rotatable bonds is 3. The van der Waals surface area contributed by atoms with Crippen molar-refractivity contribution in [3.63, 3.8) is 0 Å². The van der Waals surface area contributed by atoms with Gasteiger partial charge in [0.15, 0.2) is 11.6 Å². The van der Waals surface area contributed by atoms with Gasteiger partial charge in [-0.3, -0.25) is 10.1 Å². The van der Waals surface area contributed by atoms with E-state index in [0.717, 1.165) is 6.07 Å². The van der Waals surface area contributed by atoms with Gasteiger partial charge in [-0.2, -0.15) is 4.39 Å². The van der Waals surface area contributed by atoms with Crippen LogP contribution < -0.4 is 4.74 Å². The summed E-state index contributed by atoms with van der Waals surface area (Å²) in [5.74, 6) is -2.29. The molecule has 0 N–H and O–H groups in total. The molecule has 20 heavy (non-hydrogen) atoms. The number of benzene rings is 2. The van der Waals surface area contributed by atoms with Crippen LogP contribution in [0.15, 0.2) is 34.8 Å². The van der Waals surface area contributed by atoms with Crippen LogP contribution in [0.25, 0.3) is 0 Å². The maximum absolute atomic E-state index is 13.5. The Morgan fingerprint density at radius 3 is 2.55 bits per heavy atom. The van der Waals surface area contributed by atoms with Crippen molar-refractivity contribution in [1.82, 2.24) is 0 Å². The molecule has 2 aromatic rings. The Kier molecular flexibility index (Phi) is 3.99. The number of nitro groups is 1. The van der Waals surface area contributed by atoms with Gasteiger partial charge in [0.05, 0.1) is 4.92 Å². The quantitative estimate of drug-likeness (QED) is 0.459. The van der Waals surface area contributed by atoms with Crippen molar-refractivity contribution < 1.29 is 18.4 Å². The molecule has 104 valence electrons. The predicted molar refractivity (Wildman–Crippen MR) is 72.0 cm³/mol. The Hall–Kier alpha value is -2.02. The molecular formula is C13H8BrF2NO3. The van der Waals surface area contributed by atoms with Crippen LogP contribution in [0.5, 0.6) is 11.5 Å². The molecule has 0 saturated heterocycles. The van der Waals surface area contributed by atoms with Gasteiger partial charge in [0, 0.05) is 16.1 Å². The Morgan fingerprint density at radius 2 is 1.95 bits per heavy atom. The smallest absolute Gasteiger partial charge is 0.272 e. The predicted octanol–water partition coefficient (Wildman–Crippen LogP) is 4.74. The number of hydrogen-bond donors (Lipinski definition) is 0. The summed E-state index contributed by atoms with van der Waals surface area (Å²) < 4.78 is 32.3. The zero-order valence-electron chi connectivity index (χ0n) is 10.2. The van der Waals surface area contributed by atoms with Gasteiger partial charge in [-0.15, -0.1) is 0 Å². The Morgan fingerprint density at radius 1 is 1.25 bits per heavy atom. The zero-order valence-corrected chi connectivity index (χ0v) is 11.8. The maximum Gasteiger partial charge on any atom is 0.272 e. The van der Waals surface area contributed by atoms with E-state index in [1.165, 1.54) is 31.2 Å². The summed E-state index contributed by atoms with van der Waals surface area (Å²) in [6.45, 7) is 1.53. The lowest BCUT2D eigenvalue weighted by Crippen LogP contribution is -1.95. The average molecular weight is 344 g/mol. The van der Waals surface area contributed by atoms with Crippen molar-refractivity contribution >= 4 is 21.6 Å². The van der Waals surface area contributed by atoms with E-state index in [1.54, 1.807) is 0 Å². The molecule has 0 aliphatic carbocycles. The highest BCUT2D eigenvalue weighted by atomic mass is 79.9. The van der Waals surface area contributed by atoms with Crippen molar-refractivity contribution in [2.45, 2.75) is 6.92 Å². The van der Waals surface area contributed by atoms with Gasteiger partial charge in [-0.1, -0.05) is 15.9 Å². The highest BCUT2D eigenvalue weighted by Crippen LogP contribution is 2.31. The lowest BCUT2D eigenvalue weighted by atomic mass is 10.2. The summed E-state index contributed by atoms with van der Waals surface area (Å²) in [4.78, 5) is 10.2. The van der Waals surface area contributed by atoms with Crippen molar-refractivity contribution in [3.05, 3.63) is 62.1 Å². The molecule has 0 fully saturated rings. The molecule has 2 rings (SSSR count). The van der Waals surface area contributed by atoms with Gasteiger partial charge in [0.25, 0.3) is 5.69 Å². The zero-order chi connectivity index (χ0) is 14.9. The fourth-order valence-electron chi connectivity index (χ4n) is 1.63. The minimum absolute atomic E-state index is 0.0711. The number of hydrogen-bond acceptors (Lipinski definition) is 3. The van der Waals surface area contributed by atoms with Crippen LogP contribution >= 0.6 is 15.9 Å². The molecule has 0 atom stereocenters. The summed E-state index contributed by atoms with van der Waals surface area (Å²) in [5, 5.41) is 10.7. The third-order valence-corrected chi connectivity index (χ3v) is 3.01. The first-order chi connectivity index (χ1) is 9.38. The van der Waals surface area contributed by atoms with Crippen LogP contribution in [-0.2, 0) is 0 Å². The molecule has 0 aliphatic rings. The van der Waals surface area contributed by atoms with Crippen molar-refractivity contribution in [1.29, 1.82) is 0 Å². The first-order valence-corrected chi connectivity index (χ1v) is 6.25. The van der Waals surface area contributed by atoms with Crippen LogP contribution in [0.4, 0.5) is 14.5 Å². The van der Waals surface area contributed by atoms with Gasteiger partial charge >= 0.3 is 0 Å². The largest absolute Gasteiger partial charge is 0.454 e. The molecule has 0 amide bonds. The maximum atomic E-state index is 13.5. The highest BCUT2D eigenvalue weighted by Gasteiger charge is 2.15. The van der Waals surface area contributed by atoms with Crippen molar-refractivity contribution in [2.75, 3.05) is 0 Å². The van der Waals surface area contributed by atoms with E-state index in [-0.39, 0.29) is 17.2 Å². The summed E-state index contributed by atoms with van der Waals surface area (Å²) in [6.07, 6.45) is 0. The molecule has 2 aromatic carbocycles. The first-order valence-electron chi connectivity index (χ1n) is 5.46. The minimum atomic E-state index is -1.12. The molecule has 7 heteroatoms. The Balaban J connectivity index is 2.36. The Labute approximate surface area is 121 Å². The van der Waals surface area contributed by atoms with Crippen LogP contribution in [0.2, 0.25) is 0 Å². The molecule has 0 heterocycles. The third-order valence-electron chi connectivity index (χ3n) is 2.55. The van der Waals surface area contributed by atoms with E-state index in [1.807, 2.05) is 0 Å². The monoisotopic (exact) mass is 343 g/mol. The second kappa shape index (κ2) is 5.54. The van der Waals surface area contributed by atoms with Crippen LogP contribution in [0.1, 0.15) is 5.56 Å². The molecule has 0 aliphatic heterocycles. The second-order valence-corrected chi connectivity index (χ2v) is 4.92. The van der Waals surface area contributed by atoms with Crippen molar-refractivity contribution in [3.8, 4) is 11.5 Å². The minimum Gasteiger partial charge on any atom is -0.454 e. The lowest BCUT2D eigenvalue weighted by molar-refractivity contribution is -0.385. The van der Waals surface area contributed by atoms with Crippen LogP contribution in [0.3, 0.4) is 0 Å². The number of nitrogens with zero attached hydrogens (tertiary/aromatic N) is 1. The number of nitro benzene ring substituents is 1. The third kappa shape index (κ3) is 2.93. The van der Waals surface area contributed by atoms with Crippen LogP contribution in [0, 0.1) is 28.7 Å². The van der Waals surface area contributed by atoms with E-state index in [4.69, 9.17) is 4.74 Å². The molecule has 0 unspecified atom stereocenters. The molecule has 0 bridgehead atoms. The number of aryl methyl sites for hydroxylation is 1. The molecular weight excluding hydrogens is 336 g/mol. The summed E-state index contributed by atoms with van der Waals surface area (Å²) in [5.41, 5.74) is 0.293. The van der Waals surface area contributed by atoms with E-state index in [0.29, 0.717) is 10.0 Å². The SMILES string of the molecule is Cc1cc(Oc2cc(Br)cc(F)c2F)ccc1[N+](=O)[O-]. The molecule has 0 radical (unpaired) electrons. The summed E-state index contributed by atoms with van der Waals surface area (Å²) in [7, 11) is 0. The summed E-state index contributed by atoms with van der Waals surface area (Å²) >= 11 is 3.03. The first kappa shape index (κ1) is 14.4. The van der Waals surface area contributed by atoms with Gasteiger partial charge < -0.3 is 4.74 Å². The molecule has 4 nitrogen and oxygen atoms in total. The fraction of sp³-hybridized carbons (Fsp3) is 0.0769. The topological polar surface area (TPSA) is 52.4 Å². The van der Waals surface area contributed by atoms with Gasteiger partial charge in [0.1, 0.15) is 5.75 Å². The lowest BCUT2D eigenvalue weighted by Gasteiger charge is -2.08. The average Bonchev–Trinajstić information content (AvgIpc) is 2.35. The van der Waals surface area contributed by atoms with E-state index in [9.17, 15) is 18.9 Å². The van der Waals surface area contributed by atoms with E-state index < -0.39 is 16.6 Å². The highest BCUT2D eigenvalue weighted by molar-refractivity contribution is 9.10. The van der Waals surface area contributed by atoms with Crippen molar-refractivity contribution in [2.24, 2.45) is 0 Å². The van der Waals surface area contributed by atoms with Gasteiger partial charge in [0.2, 0.25) is 5.82 Å². The number of halogens is 3. The molecule has 0 saturated carbocycles. The standard InChI is InChI=1S/C13H8BrF2NO3/c1-7-4-9(2-3-11(7)17(18)19)20-12-6-8(14)5-10(15)13(12)16/h2-6H,1H3. The second-order valence-electron chi connectivity index (χ2n) is 4.01. The van der Waals surface area contributed by atoms with Gasteiger partial charge in [-0.25, -0.2) is 4.39 Å². The van der Waals surface area contributed by atoms with Crippen LogP contribution in [-0.4, -0.2) is 4.92 Å². The molecule has 0 spiro atoms. The van der Waals surface area contributed by atoms with E-state index >= 15 is 0 Å². The molecule has 0 aromatic heterocycles. The number of ether oxygens (including phenoxy) is 1.